The number of carbonyl (C=O) groups excluding carboxylic acids is 1. The van der Waals surface area contributed by atoms with Crippen LogP contribution in [0.3, 0.4) is 0 Å². The molecule has 0 radical (unpaired) electrons. The third kappa shape index (κ3) is 3.58. The lowest BCUT2D eigenvalue weighted by atomic mass is 10.1. The van der Waals surface area contributed by atoms with E-state index in [9.17, 15) is 4.79 Å². The first kappa shape index (κ1) is 13.6. The molecule has 4 nitrogen and oxygen atoms in total. The van der Waals surface area contributed by atoms with Gasteiger partial charge in [-0.3, -0.25) is 9.78 Å². The first-order chi connectivity index (χ1) is 10.3. The van der Waals surface area contributed by atoms with E-state index in [0.29, 0.717) is 13.1 Å². The van der Waals surface area contributed by atoms with Gasteiger partial charge >= 0.3 is 0 Å². The zero-order valence-corrected chi connectivity index (χ0v) is 12.2. The molecule has 0 spiro atoms. The summed E-state index contributed by atoms with van der Waals surface area (Å²) in [7, 11) is 0. The Hall–Kier alpha value is -2.40. The van der Waals surface area contributed by atoms with Crippen molar-refractivity contribution in [2.75, 3.05) is 0 Å². The number of aromatic nitrogens is 2. The van der Waals surface area contributed by atoms with Gasteiger partial charge in [-0.2, -0.15) is 11.3 Å². The van der Waals surface area contributed by atoms with Crippen LogP contribution in [0.5, 0.6) is 0 Å². The molecular weight excluding hydrogens is 282 g/mol. The first-order valence-electron chi connectivity index (χ1n) is 6.65. The molecule has 3 heterocycles. The number of rotatable bonds is 5. The molecule has 1 amide bonds. The summed E-state index contributed by atoms with van der Waals surface area (Å²) in [5, 5.41) is 7.04. The third-order valence-electron chi connectivity index (χ3n) is 3.13. The Morgan fingerprint density at radius 2 is 2.10 bits per heavy atom. The summed E-state index contributed by atoms with van der Waals surface area (Å²) in [6.45, 7) is 0.829. The van der Waals surface area contributed by atoms with Gasteiger partial charge in [0.15, 0.2) is 0 Å². The minimum absolute atomic E-state index is 0.00728. The number of thiophene rings is 1. The fourth-order valence-corrected chi connectivity index (χ4v) is 2.73. The monoisotopic (exact) mass is 297 g/mol. The van der Waals surface area contributed by atoms with Gasteiger partial charge < -0.3 is 9.88 Å². The van der Waals surface area contributed by atoms with Crippen LogP contribution in [-0.2, 0) is 17.9 Å². The molecule has 0 saturated heterocycles. The van der Waals surface area contributed by atoms with E-state index in [-0.39, 0.29) is 5.91 Å². The van der Waals surface area contributed by atoms with Crippen LogP contribution in [0.4, 0.5) is 0 Å². The molecule has 0 atom stereocenters. The van der Waals surface area contributed by atoms with Crippen LogP contribution in [0.15, 0.2) is 59.8 Å². The molecule has 0 bridgehead atoms. The maximum Gasteiger partial charge on any atom is 0.240 e. The van der Waals surface area contributed by atoms with Gasteiger partial charge in [-0.25, -0.2) is 0 Å². The maximum atomic E-state index is 11.8. The van der Waals surface area contributed by atoms with E-state index in [2.05, 4.69) is 27.8 Å². The molecule has 3 aromatic heterocycles. The van der Waals surface area contributed by atoms with Crippen LogP contribution in [0, 0.1) is 0 Å². The molecule has 106 valence electrons. The second kappa shape index (κ2) is 6.37. The van der Waals surface area contributed by atoms with Gasteiger partial charge in [0.1, 0.15) is 6.54 Å². The molecule has 0 aliphatic carbocycles. The van der Waals surface area contributed by atoms with Crippen molar-refractivity contribution >= 4 is 17.2 Å². The normalized spacial score (nSPS) is 10.5. The van der Waals surface area contributed by atoms with E-state index in [1.54, 1.807) is 17.5 Å². The Balaban J connectivity index is 1.60. The van der Waals surface area contributed by atoms with Crippen LogP contribution in [-0.4, -0.2) is 15.5 Å². The van der Waals surface area contributed by atoms with Gasteiger partial charge in [-0.05, 0) is 46.2 Å². The standard InChI is InChI=1S/C16H15N3OS/c20-16(11-19-4-1-2-5-19)18-9-13-7-15(10-17-8-13)14-3-6-21-12-14/h1-8,10,12H,9,11H2,(H,18,20). The number of nitrogens with one attached hydrogen (secondary N) is 1. The fourth-order valence-electron chi connectivity index (χ4n) is 2.07. The highest BCUT2D eigenvalue weighted by Crippen LogP contribution is 2.21. The average molecular weight is 297 g/mol. The second-order valence-electron chi connectivity index (χ2n) is 4.73. The van der Waals surface area contributed by atoms with E-state index in [1.165, 1.54) is 0 Å². The van der Waals surface area contributed by atoms with Crippen LogP contribution in [0.25, 0.3) is 11.1 Å². The summed E-state index contributed by atoms with van der Waals surface area (Å²) in [5.74, 6) is -0.00728. The van der Waals surface area contributed by atoms with Gasteiger partial charge in [0.25, 0.3) is 0 Å². The summed E-state index contributed by atoms with van der Waals surface area (Å²) < 4.78 is 1.84. The number of carbonyl (C=O) groups is 1. The number of amides is 1. The smallest absolute Gasteiger partial charge is 0.240 e. The zero-order valence-electron chi connectivity index (χ0n) is 11.4. The molecule has 0 aromatic carbocycles. The minimum atomic E-state index is -0.00728. The predicted molar refractivity (Wildman–Crippen MR) is 83.8 cm³/mol. The van der Waals surface area contributed by atoms with Crippen molar-refractivity contribution in [3.05, 3.63) is 65.4 Å². The lowest BCUT2D eigenvalue weighted by Gasteiger charge is -2.07. The Morgan fingerprint density at radius 3 is 2.86 bits per heavy atom. The lowest BCUT2D eigenvalue weighted by molar-refractivity contribution is -0.121. The van der Waals surface area contributed by atoms with Crippen LogP contribution in [0.2, 0.25) is 0 Å². The Kier molecular flexibility index (Phi) is 4.12. The Bertz CT molecular complexity index is 705. The number of pyridine rings is 1. The molecule has 3 aromatic rings. The van der Waals surface area contributed by atoms with Crippen molar-refractivity contribution in [2.45, 2.75) is 13.1 Å². The predicted octanol–water partition coefficient (Wildman–Crippen LogP) is 2.93. The third-order valence-corrected chi connectivity index (χ3v) is 3.81. The molecule has 0 fully saturated rings. The summed E-state index contributed by atoms with van der Waals surface area (Å²) >= 11 is 1.66. The molecule has 21 heavy (non-hydrogen) atoms. The van der Waals surface area contributed by atoms with Crippen molar-refractivity contribution in [3.63, 3.8) is 0 Å². The summed E-state index contributed by atoms with van der Waals surface area (Å²) in [4.78, 5) is 16.1. The highest BCUT2D eigenvalue weighted by atomic mass is 32.1. The van der Waals surface area contributed by atoms with Crippen molar-refractivity contribution in [1.29, 1.82) is 0 Å². The summed E-state index contributed by atoms with van der Waals surface area (Å²) in [6.07, 6.45) is 7.37. The molecule has 5 heteroatoms. The first-order valence-corrected chi connectivity index (χ1v) is 7.59. The average Bonchev–Trinajstić information content (AvgIpc) is 3.19. The number of hydrogen-bond acceptors (Lipinski definition) is 3. The van der Waals surface area contributed by atoms with Crippen LogP contribution in [0.1, 0.15) is 5.56 Å². The topological polar surface area (TPSA) is 46.9 Å². The second-order valence-corrected chi connectivity index (χ2v) is 5.51. The molecular formula is C16H15N3OS. The Morgan fingerprint density at radius 1 is 1.24 bits per heavy atom. The molecule has 0 aliphatic rings. The van der Waals surface area contributed by atoms with Gasteiger partial charge in [-0.1, -0.05) is 0 Å². The lowest BCUT2D eigenvalue weighted by Crippen LogP contribution is -2.26. The minimum Gasteiger partial charge on any atom is -0.350 e. The SMILES string of the molecule is O=C(Cn1cccc1)NCc1cncc(-c2ccsc2)c1. The largest absolute Gasteiger partial charge is 0.350 e. The van der Waals surface area contributed by atoms with Crippen molar-refractivity contribution in [1.82, 2.24) is 14.9 Å². The van der Waals surface area contributed by atoms with E-state index in [1.807, 2.05) is 40.7 Å². The van der Waals surface area contributed by atoms with Gasteiger partial charge in [0.05, 0.1) is 0 Å². The van der Waals surface area contributed by atoms with Gasteiger partial charge in [0.2, 0.25) is 5.91 Å². The highest BCUT2D eigenvalue weighted by molar-refractivity contribution is 7.08. The quantitative estimate of drug-likeness (QED) is 0.787. The number of nitrogens with zero attached hydrogens (tertiary/aromatic N) is 2. The van der Waals surface area contributed by atoms with Crippen molar-refractivity contribution in [3.8, 4) is 11.1 Å². The van der Waals surface area contributed by atoms with Crippen molar-refractivity contribution < 1.29 is 4.79 Å². The molecule has 1 N–H and O–H groups in total. The summed E-state index contributed by atoms with van der Waals surface area (Å²) in [5.41, 5.74) is 3.24. The molecule has 0 aliphatic heterocycles. The fraction of sp³-hybridized carbons (Fsp3) is 0.125. The van der Waals surface area contributed by atoms with Crippen LogP contribution >= 0.6 is 11.3 Å². The van der Waals surface area contributed by atoms with Crippen LogP contribution < -0.4 is 5.32 Å². The highest BCUT2D eigenvalue weighted by Gasteiger charge is 2.04. The molecule has 0 saturated carbocycles. The van der Waals surface area contributed by atoms with E-state index in [4.69, 9.17) is 0 Å². The van der Waals surface area contributed by atoms with E-state index < -0.39 is 0 Å². The Labute approximate surface area is 127 Å². The molecule has 3 rings (SSSR count). The number of hydrogen-bond donors (Lipinski definition) is 1. The van der Waals surface area contributed by atoms with Gasteiger partial charge in [0, 0.05) is 36.9 Å². The zero-order chi connectivity index (χ0) is 14.5. The summed E-state index contributed by atoms with van der Waals surface area (Å²) in [6, 6.07) is 7.93. The van der Waals surface area contributed by atoms with Gasteiger partial charge in [-0.15, -0.1) is 0 Å². The van der Waals surface area contributed by atoms with Crippen molar-refractivity contribution in [2.24, 2.45) is 0 Å². The molecule has 0 unspecified atom stereocenters. The van der Waals surface area contributed by atoms with E-state index >= 15 is 0 Å². The van der Waals surface area contributed by atoms with E-state index in [0.717, 1.165) is 16.7 Å². The maximum absolute atomic E-state index is 11.8.